The van der Waals surface area contributed by atoms with Gasteiger partial charge in [0.15, 0.2) is 11.6 Å². The summed E-state index contributed by atoms with van der Waals surface area (Å²) in [5, 5.41) is 8.82. The van der Waals surface area contributed by atoms with Gasteiger partial charge < -0.3 is 5.11 Å². The zero-order valence-corrected chi connectivity index (χ0v) is 12.2. The van der Waals surface area contributed by atoms with Crippen molar-refractivity contribution in [2.24, 2.45) is 0 Å². The first-order chi connectivity index (χ1) is 9.75. The average Bonchev–Trinajstić information content (AvgIpc) is 2.40. The summed E-state index contributed by atoms with van der Waals surface area (Å²) in [5.74, 6) is -4.66. The molecule has 1 aromatic rings. The molecule has 1 aromatic carbocycles. The van der Waals surface area contributed by atoms with Gasteiger partial charge in [-0.3, -0.25) is 0 Å². The molecule has 0 heterocycles. The lowest BCUT2D eigenvalue weighted by Gasteiger charge is -2.20. The number of carbonyl (C=O) groups is 1. The Morgan fingerprint density at radius 3 is 2.52 bits per heavy atom. The number of benzene rings is 1. The Balaban J connectivity index is 3.48. The number of halogens is 2. The molecule has 21 heavy (non-hydrogen) atoms. The molecule has 0 fully saturated rings. The van der Waals surface area contributed by atoms with Crippen LogP contribution in [-0.4, -0.2) is 36.9 Å². The third-order valence-corrected chi connectivity index (χ3v) is 4.53. The summed E-state index contributed by atoms with van der Waals surface area (Å²) in [7, 11) is -4.35. The first kappa shape index (κ1) is 17.3. The van der Waals surface area contributed by atoms with Crippen molar-refractivity contribution in [3.8, 4) is 0 Å². The molecule has 1 N–H and O–H groups in total. The lowest BCUT2D eigenvalue weighted by atomic mass is 10.2. The summed E-state index contributed by atoms with van der Waals surface area (Å²) in [5.41, 5.74) is -0.637. The van der Waals surface area contributed by atoms with Crippen LogP contribution in [0.5, 0.6) is 0 Å². The van der Waals surface area contributed by atoms with Gasteiger partial charge in [0.2, 0.25) is 10.0 Å². The molecule has 0 aliphatic carbocycles. The normalized spacial score (nSPS) is 11.6. The van der Waals surface area contributed by atoms with E-state index in [0.29, 0.717) is 18.6 Å². The largest absolute Gasteiger partial charge is 0.478 e. The third-order valence-electron chi connectivity index (χ3n) is 2.67. The molecule has 0 atom stereocenters. The van der Waals surface area contributed by atoms with Crippen molar-refractivity contribution in [2.75, 3.05) is 13.1 Å². The van der Waals surface area contributed by atoms with Crippen LogP contribution in [0, 0.1) is 11.6 Å². The van der Waals surface area contributed by atoms with Gasteiger partial charge in [0.05, 0.1) is 5.56 Å². The Morgan fingerprint density at radius 1 is 1.43 bits per heavy atom. The Labute approximate surface area is 121 Å². The molecule has 0 aliphatic rings. The second-order valence-electron chi connectivity index (χ2n) is 4.23. The van der Waals surface area contributed by atoms with Gasteiger partial charge >= 0.3 is 5.97 Å². The van der Waals surface area contributed by atoms with E-state index in [1.807, 2.05) is 0 Å². The van der Waals surface area contributed by atoms with Gasteiger partial charge in [-0.15, -0.1) is 6.58 Å². The summed E-state index contributed by atoms with van der Waals surface area (Å²) >= 11 is 0. The molecule has 0 saturated carbocycles. The van der Waals surface area contributed by atoms with Crippen LogP contribution >= 0.6 is 0 Å². The summed E-state index contributed by atoms with van der Waals surface area (Å²) in [6.07, 6.45) is 1.76. The van der Waals surface area contributed by atoms with Crippen LogP contribution in [-0.2, 0) is 10.0 Å². The minimum Gasteiger partial charge on any atom is -0.478 e. The fourth-order valence-corrected chi connectivity index (χ4v) is 3.32. The molecule has 1 rings (SSSR count). The first-order valence-corrected chi connectivity index (χ1v) is 7.53. The number of hydrogen-bond acceptors (Lipinski definition) is 3. The van der Waals surface area contributed by atoms with Gasteiger partial charge in [-0.05, 0) is 18.6 Å². The van der Waals surface area contributed by atoms with Gasteiger partial charge in [-0.25, -0.2) is 22.0 Å². The minimum atomic E-state index is -4.35. The van der Waals surface area contributed by atoms with E-state index in [1.54, 1.807) is 6.92 Å². The van der Waals surface area contributed by atoms with Crippen LogP contribution in [0.25, 0.3) is 0 Å². The van der Waals surface area contributed by atoms with E-state index in [2.05, 4.69) is 6.58 Å². The molecule has 0 aromatic heterocycles. The standard InChI is InChI=1S/C13H15F2NO4S/c1-3-5-16(6-4-2)21(19,20)11-8-9(13(17)18)7-10(14)12(11)15/h3,7-8H,1,4-6H2,2H3,(H,17,18). The fraction of sp³-hybridized carbons (Fsp3) is 0.308. The Morgan fingerprint density at radius 2 is 2.05 bits per heavy atom. The Bertz CT molecular complexity index is 658. The van der Waals surface area contributed by atoms with Crippen LogP contribution < -0.4 is 0 Å². The van der Waals surface area contributed by atoms with Crippen LogP contribution in [0.3, 0.4) is 0 Å². The predicted octanol–water partition coefficient (Wildman–Crippen LogP) is 2.25. The highest BCUT2D eigenvalue weighted by atomic mass is 32.2. The molecular weight excluding hydrogens is 304 g/mol. The van der Waals surface area contributed by atoms with Crippen molar-refractivity contribution in [1.82, 2.24) is 4.31 Å². The summed E-state index contributed by atoms with van der Waals surface area (Å²) in [4.78, 5) is 9.86. The second kappa shape index (κ2) is 6.77. The molecule has 0 spiro atoms. The van der Waals surface area contributed by atoms with Crippen molar-refractivity contribution < 1.29 is 27.1 Å². The van der Waals surface area contributed by atoms with Crippen LogP contribution in [0.1, 0.15) is 23.7 Å². The van der Waals surface area contributed by atoms with E-state index < -0.39 is 38.1 Å². The molecule has 0 aliphatic heterocycles. The lowest BCUT2D eigenvalue weighted by molar-refractivity contribution is 0.0696. The van der Waals surface area contributed by atoms with E-state index in [0.717, 1.165) is 4.31 Å². The number of aromatic carboxylic acids is 1. The maximum Gasteiger partial charge on any atom is 0.335 e. The molecule has 5 nitrogen and oxygen atoms in total. The monoisotopic (exact) mass is 319 g/mol. The number of carboxylic acids is 1. The van der Waals surface area contributed by atoms with Gasteiger partial charge in [-0.1, -0.05) is 13.0 Å². The van der Waals surface area contributed by atoms with Crippen LogP contribution in [0.4, 0.5) is 8.78 Å². The van der Waals surface area contributed by atoms with E-state index >= 15 is 0 Å². The maximum atomic E-state index is 13.8. The van der Waals surface area contributed by atoms with Crippen molar-refractivity contribution in [3.63, 3.8) is 0 Å². The van der Waals surface area contributed by atoms with Gasteiger partial charge in [0, 0.05) is 13.1 Å². The Hall–Kier alpha value is -1.80. The van der Waals surface area contributed by atoms with Gasteiger partial charge in [0.25, 0.3) is 0 Å². The third kappa shape index (κ3) is 3.64. The molecule has 0 radical (unpaired) electrons. The van der Waals surface area contributed by atoms with Crippen LogP contribution in [0.2, 0.25) is 0 Å². The van der Waals surface area contributed by atoms with Gasteiger partial charge in [-0.2, -0.15) is 4.31 Å². The molecular formula is C13H15F2NO4S. The molecule has 0 unspecified atom stereocenters. The van der Waals surface area contributed by atoms with Crippen LogP contribution in [0.15, 0.2) is 29.7 Å². The first-order valence-electron chi connectivity index (χ1n) is 6.09. The maximum absolute atomic E-state index is 13.8. The van der Waals surface area contributed by atoms with Crippen molar-refractivity contribution in [2.45, 2.75) is 18.2 Å². The lowest BCUT2D eigenvalue weighted by Crippen LogP contribution is -2.33. The van der Waals surface area contributed by atoms with E-state index in [-0.39, 0.29) is 13.1 Å². The molecule has 116 valence electrons. The summed E-state index contributed by atoms with van der Waals surface area (Å²) < 4.78 is 52.8. The van der Waals surface area contributed by atoms with Gasteiger partial charge in [0.1, 0.15) is 4.90 Å². The highest BCUT2D eigenvalue weighted by Crippen LogP contribution is 2.23. The highest BCUT2D eigenvalue weighted by Gasteiger charge is 2.29. The topological polar surface area (TPSA) is 74.7 Å². The average molecular weight is 319 g/mol. The predicted molar refractivity (Wildman–Crippen MR) is 72.6 cm³/mol. The number of rotatable bonds is 7. The minimum absolute atomic E-state index is 0.0761. The van der Waals surface area contributed by atoms with E-state index in [4.69, 9.17) is 5.11 Å². The number of hydrogen-bond donors (Lipinski definition) is 1. The van der Waals surface area contributed by atoms with Crippen molar-refractivity contribution in [1.29, 1.82) is 0 Å². The fourth-order valence-electron chi connectivity index (χ4n) is 1.72. The number of sulfonamides is 1. The number of carboxylic acid groups (broad SMARTS) is 1. The van der Waals surface area contributed by atoms with E-state index in [1.165, 1.54) is 6.08 Å². The van der Waals surface area contributed by atoms with Crippen molar-refractivity contribution in [3.05, 3.63) is 42.0 Å². The molecule has 0 bridgehead atoms. The molecule has 0 amide bonds. The molecule has 0 saturated heterocycles. The van der Waals surface area contributed by atoms with Crippen molar-refractivity contribution >= 4 is 16.0 Å². The second-order valence-corrected chi connectivity index (χ2v) is 6.13. The number of nitrogens with zero attached hydrogens (tertiary/aromatic N) is 1. The quantitative estimate of drug-likeness (QED) is 0.782. The zero-order valence-electron chi connectivity index (χ0n) is 11.3. The summed E-state index contributed by atoms with van der Waals surface area (Å²) in [6, 6.07) is 1.05. The SMILES string of the molecule is C=CCN(CCC)S(=O)(=O)c1cc(C(=O)O)cc(F)c1F. The summed E-state index contributed by atoms with van der Waals surface area (Å²) in [6.45, 7) is 5.11. The molecule has 8 heteroatoms. The van der Waals surface area contributed by atoms with E-state index in [9.17, 15) is 22.0 Å². The smallest absolute Gasteiger partial charge is 0.335 e. The zero-order chi connectivity index (χ0) is 16.2. The highest BCUT2D eigenvalue weighted by molar-refractivity contribution is 7.89. The Kier molecular flexibility index (Phi) is 5.56.